The van der Waals surface area contributed by atoms with Gasteiger partial charge in [-0.1, -0.05) is 36.4 Å². The summed E-state index contributed by atoms with van der Waals surface area (Å²) in [5.74, 6) is 0.0352. The number of ether oxygens (including phenoxy) is 2. The first-order chi connectivity index (χ1) is 18.6. The zero-order valence-corrected chi connectivity index (χ0v) is 21.7. The van der Waals surface area contributed by atoms with E-state index in [2.05, 4.69) is 4.90 Å². The van der Waals surface area contributed by atoms with E-state index in [0.29, 0.717) is 38.1 Å². The molecular weight excluding hydrogens is 486 g/mol. The second-order valence-corrected chi connectivity index (χ2v) is 10.1. The molecule has 1 aliphatic carbocycles. The van der Waals surface area contributed by atoms with Crippen LogP contribution in [0, 0.1) is 11.6 Å². The standard InChI is InChI=1S/C31H34F2N2O3/c1-37-29-15-14-23(19-30(29)38-25-10-5-6-11-25)34-16-17-35(24(20-34)18-22-8-3-2-4-9-22)28(21-36)31-26(32)12-7-13-27(31)33/h2-4,7-9,12-15,19,21,24-25,28H,5-6,10-11,16-18,20H2,1H3/t24?,28-/m1/s1. The largest absolute Gasteiger partial charge is 0.493 e. The minimum atomic E-state index is -1.01. The second kappa shape index (κ2) is 11.9. The van der Waals surface area contributed by atoms with Crippen molar-refractivity contribution in [3.63, 3.8) is 0 Å². The van der Waals surface area contributed by atoms with Crippen molar-refractivity contribution in [1.29, 1.82) is 0 Å². The molecule has 5 nitrogen and oxygen atoms in total. The van der Waals surface area contributed by atoms with E-state index >= 15 is 0 Å². The molecular formula is C31H34F2N2O3. The van der Waals surface area contributed by atoms with Gasteiger partial charge in [0.05, 0.1) is 19.3 Å². The molecule has 2 atom stereocenters. The second-order valence-electron chi connectivity index (χ2n) is 10.1. The number of halogens is 2. The van der Waals surface area contributed by atoms with Crippen LogP contribution < -0.4 is 14.4 Å². The molecule has 0 spiro atoms. The van der Waals surface area contributed by atoms with Crippen LogP contribution >= 0.6 is 0 Å². The quantitative estimate of drug-likeness (QED) is 0.325. The summed E-state index contributed by atoms with van der Waals surface area (Å²) in [6.45, 7) is 1.66. The Morgan fingerprint density at radius 2 is 1.68 bits per heavy atom. The molecule has 3 aromatic carbocycles. The van der Waals surface area contributed by atoms with Crippen molar-refractivity contribution in [2.45, 2.75) is 50.3 Å². The number of hydrogen-bond donors (Lipinski definition) is 0. The normalized spacial score (nSPS) is 19.3. The van der Waals surface area contributed by atoms with Gasteiger partial charge in [-0.2, -0.15) is 0 Å². The molecule has 0 amide bonds. The lowest BCUT2D eigenvalue weighted by atomic mass is 9.96. The van der Waals surface area contributed by atoms with E-state index in [1.165, 1.54) is 31.0 Å². The fourth-order valence-corrected chi connectivity index (χ4v) is 5.78. The molecule has 3 aromatic rings. The summed E-state index contributed by atoms with van der Waals surface area (Å²) in [6, 6.07) is 18.5. The third-order valence-corrected chi connectivity index (χ3v) is 7.73. The van der Waals surface area contributed by atoms with E-state index in [-0.39, 0.29) is 17.7 Å². The maximum absolute atomic E-state index is 14.8. The molecule has 1 aliphatic heterocycles. The zero-order valence-electron chi connectivity index (χ0n) is 21.7. The third-order valence-electron chi connectivity index (χ3n) is 7.73. The van der Waals surface area contributed by atoms with Gasteiger partial charge in [0.15, 0.2) is 11.5 Å². The molecule has 0 radical (unpaired) electrons. The Bertz CT molecular complexity index is 1210. The Kier molecular flexibility index (Phi) is 8.23. The van der Waals surface area contributed by atoms with Crippen LogP contribution in [0.3, 0.4) is 0 Å². The lowest BCUT2D eigenvalue weighted by Crippen LogP contribution is -2.55. The van der Waals surface area contributed by atoms with E-state index in [0.717, 1.165) is 29.8 Å². The van der Waals surface area contributed by atoms with Crippen molar-refractivity contribution in [1.82, 2.24) is 4.90 Å². The molecule has 2 aliphatic rings. The van der Waals surface area contributed by atoms with Crippen LogP contribution in [-0.4, -0.2) is 50.1 Å². The molecule has 2 fully saturated rings. The van der Waals surface area contributed by atoms with Crippen molar-refractivity contribution in [2.75, 3.05) is 31.6 Å². The number of methoxy groups -OCH3 is 1. The summed E-state index contributed by atoms with van der Waals surface area (Å²) < 4.78 is 41.4. The van der Waals surface area contributed by atoms with Gasteiger partial charge in [0, 0.05) is 43.0 Å². The Labute approximate surface area is 223 Å². The summed E-state index contributed by atoms with van der Waals surface area (Å²) >= 11 is 0. The summed E-state index contributed by atoms with van der Waals surface area (Å²) in [4.78, 5) is 16.5. The van der Waals surface area contributed by atoms with E-state index in [1.54, 1.807) is 7.11 Å². The van der Waals surface area contributed by atoms with Gasteiger partial charge in [-0.15, -0.1) is 0 Å². The van der Waals surface area contributed by atoms with E-state index in [4.69, 9.17) is 9.47 Å². The number of carbonyl (C=O) groups excluding carboxylic acids is 1. The summed E-state index contributed by atoms with van der Waals surface area (Å²) in [5.41, 5.74) is 1.91. The van der Waals surface area contributed by atoms with Crippen molar-refractivity contribution >= 4 is 12.0 Å². The number of anilines is 1. The summed E-state index contributed by atoms with van der Waals surface area (Å²) in [5, 5.41) is 0. The van der Waals surface area contributed by atoms with Crippen molar-refractivity contribution in [3.05, 3.63) is 89.5 Å². The smallest absolute Gasteiger partial charge is 0.163 e. The van der Waals surface area contributed by atoms with Gasteiger partial charge >= 0.3 is 0 Å². The number of benzene rings is 3. The number of hydrogen-bond acceptors (Lipinski definition) is 5. The molecule has 1 saturated carbocycles. The van der Waals surface area contributed by atoms with Gasteiger partial charge in [-0.3, -0.25) is 4.90 Å². The van der Waals surface area contributed by atoms with Crippen molar-refractivity contribution in [3.8, 4) is 11.5 Å². The van der Waals surface area contributed by atoms with Gasteiger partial charge < -0.3 is 19.2 Å². The summed E-state index contributed by atoms with van der Waals surface area (Å²) in [6.07, 6.45) is 5.95. The predicted molar refractivity (Wildman–Crippen MR) is 144 cm³/mol. The SMILES string of the molecule is COc1ccc(N2CCN([C@H](C=O)c3c(F)cccc3F)C(Cc3ccccc3)C2)cc1OC1CCCC1. The zero-order chi connectivity index (χ0) is 26.5. The van der Waals surface area contributed by atoms with Gasteiger partial charge in [0.25, 0.3) is 0 Å². The molecule has 7 heteroatoms. The number of nitrogens with zero attached hydrogens (tertiary/aromatic N) is 2. The van der Waals surface area contributed by atoms with Crippen LogP contribution in [0.1, 0.15) is 42.9 Å². The first-order valence-electron chi connectivity index (χ1n) is 13.4. The van der Waals surface area contributed by atoms with Crippen LogP contribution in [0.25, 0.3) is 0 Å². The molecule has 1 unspecified atom stereocenters. The molecule has 200 valence electrons. The molecule has 1 saturated heterocycles. The maximum atomic E-state index is 14.8. The minimum absolute atomic E-state index is 0.151. The van der Waals surface area contributed by atoms with Crippen molar-refractivity contribution in [2.24, 2.45) is 0 Å². The van der Waals surface area contributed by atoms with Gasteiger partial charge in [-0.25, -0.2) is 8.78 Å². The van der Waals surface area contributed by atoms with Crippen LogP contribution in [-0.2, 0) is 11.2 Å². The lowest BCUT2D eigenvalue weighted by molar-refractivity contribution is -0.114. The van der Waals surface area contributed by atoms with Crippen molar-refractivity contribution < 1.29 is 23.0 Å². The number of carbonyl (C=O) groups is 1. The highest BCUT2D eigenvalue weighted by Gasteiger charge is 2.35. The molecule has 0 bridgehead atoms. The number of rotatable bonds is 9. The average molecular weight is 521 g/mol. The van der Waals surface area contributed by atoms with Crippen LogP contribution in [0.15, 0.2) is 66.7 Å². The monoisotopic (exact) mass is 520 g/mol. The van der Waals surface area contributed by atoms with Crippen LogP contribution in [0.4, 0.5) is 14.5 Å². The van der Waals surface area contributed by atoms with Crippen LogP contribution in [0.5, 0.6) is 11.5 Å². The number of aldehydes is 1. The van der Waals surface area contributed by atoms with Gasteiger partial charge in [0.2, 0.25) is 0 Å². The highest BCUT2D eigenvalue weighted by Crippen LogP contribution is 2.37. The van der Waals surface area contributed by atoms with Gasteiger partial charge in [-0.05, 0) is 61.9 Å². The van der Waals surface area contributed by atoms with E-state index < -0.39 is 17.7 Å². The third kappa shape index (κ3) is 5.68. The van der Waals surface area contributed by atoms with Crippen LogP contribution in [0.2, 0.25) is 0 Å². The molecule has 0 aromatic heterocycles. The minimum Gasteiger partial charge on any atom is -0.493 e. The maximum Gasteiger partial charge on any atom is 0.163 e. The molecule has 0 N–H and O–H groups in total. The number of piperazine rings is 1. The molecule has 5 rings (SSSR count). The molecule has 38 heavy (non-hydrogen) atoms. The summed E-state index contributed by atoms with van der Waals surface area (Å²) in [7, 11) is 1.65. The Hall–Kier alpha value is -3.45. The topological polar surface area (TPSA) is 42.0 Å². The Morgan fingerprint density at radius 1 is 0.947 bits per heavy atom. The predicted octanol–water partition coefficient (Wildman–Crippen LogP) is 5.97. The Balaban J connectivity index is 1.44. The van der Waals surface area contributed by atoms with Gasteiger partial charge in [0.1, 0.15) is 17.9 Å². The van der Waals surface area contributed by atoms with E-state index in [1.807, 2.05) is 53.4 Å². The fourth-order valence-electron chi connectivity index (χ4n) is 5.78. The first kappa shape index (κ1) is 26.2. The lowest BCUT2D eigenvalue weighted by Gasteiger charge is -2.45. The fraction of sp³-hybridized carbons (Fsp3) is 0.387. The highest BCUT2D eigenvalue weighted by atomic mass is 19.1. The average Bonchev–Trinajstić information content (AvgIpc) is 3.45. The molecule has 1 heterocycles. The Morgan fingerprint density at radius 3 is 2.37 bits per heavy atom. The van der Waals surface area contributed by atoms with E-state index in [9.17, 15) is 13.6 Å². The first-order valence-corrected chi connectivity index (χ1v) is 13.4. The highest BCUT2D eigenvalue weighted by molar-refractivity contribution is 5.63.